The molecule has 1 heterocycles. The summed E-state index contributed by atoms with van der Waals surface area (Å²) in [7, 11) is -1.38. The Bertz CT molecular complexity index is 407. The molecule has 2 N–H and O–H groups in total. The van der Waals surface area contributed by atoms with E-state index in [0.717, 1.165) is 9.75 Å². The number of allylic oxidation sites excluding steroid dienone is 1. The van der Waals surface area contributed by atoms with Crippen LogP contribution < -0.4 is 14.5 Å². The number of hydrogen-bond donors (Lipinski definition) is 2. The van der Waals surface area contributed by atoms with Crippen LogP contribution in [0.25, 0.3) is 12.2 Å². The summed E-state index contributed by atoms with van der Waals surface area (Å²) in [5, 5.41) is 18.9. The van der Waals surface area contributed by atoms with Gasteiger partial charge in [0, 0.05) is 9.31 Å². The van der Waals surface area contributed by atoms with Crippen molar-refractivity contribution in [2.45, 2.75) is 20.8 Å². The molecule has 1 aromatic rings. The molecule has 0 bridgehead atoms. The third-order valence-corrected chi connectivity index (χ3v) is 2.88. The molecular formula is C11H17BO2S. The Morgan fingerprint density at radius 1 is 1.40 bits per heavy atom. The lowest BCUT2D eigenvalue weighted by atomic mass is 9.89. The average molecular weight is 224 g/mol. The topological polar surface area (TPSA) is 40.5 Å². The van der Waals surface area contributed by atoms with Crippen molar-refractivity contribution in [3.05, 3.63) is 28.5 Å². The van der Waals surface area contributed by atoms with E-state index < -0.39 is 7.12 Å². The number of thiophene rings is 1. The molecule has 0 radical (unpaired) electrons. The van der Waals surface area contributed by atoms with Gasteiger partial charge in [0.1, 0.15) is 0 Å². The molecule has 0 spiro atoms. The van der Waals surface area contributed by atoms with Crippen molar-refractivity contribution in [1.82, 2.24) is 0 Å². The fourth-order valence-electron chi connectivity index (χ4n) is 1.05. The lowest BCUT2D eigenvalue weighted by Crippen LogP contribution is -2.27. The first-order valence-electron chi connectivity index (χ1n) is 4.94. The first-order chi connectivity index (χ1) is 7.19. The largest absolute Gasteiger partial charge is 0.499 e. The van der Waals surface area contributed by atoms with Gasteiger partial charge in [0.15, 0.2) is 0 Å². The van der Waals surface area contributed by atoms with Crippen LogP contribution >= 0.6 is 11.3 Å². The van der Waals surface area contributed by atoms with Crippen molar-refractivity contribution in [3.63, 3.8) is 0 Å². The molecule has 0 aliphatic rings. The third kappa shape index (κ3) is 4.04. The summed E-state index contributed by atoms with van der Waals surface area (Å²) >= 11 is 1.37. The molecule has 15 heavy (non-hydrogen) atoms. The van der Waals surface area contributed by atoms with Gasteiger partial charge in [-0.05, 0) is 18.2 Å². The first-order valence-corrected chi connectivity index (χ1v) is 5.75. The number of rotatable bonds is 2. The quantitative estimate of drug-likeness (QED) is 0.705. The van der Waals surface area contributed by atoms with Crippen LogP contribution in [0, 0.1) is 0 Å². The van der Waals surface area contributed by atoms with Gasteiger partial charge >= 0.3 is 7.12 Å². The molecule has 0 aliphatic heterocycles. The van der Waals surface area contributed by atoms with Crippen molar-refractivity contribution >= 4 is 35.4 Å². The number of hydrogen-bond acceptors (Lipinski definition) is 3. The van der Waals surface area contributed by atoms with Gasteiger partial charge < -0.3 is 10.0 Å². The maximum absolute atomic E-state index is 8.94. The fraction of sp³-hybridized carbons (Fsp3) is 0.273. The van der Waals surface area contributed by atoms with Crippen LogP contribution in [0.5, 0.6) is 0 Å². The maximum Gasteiger partial charge on any atom is 0.499 e. The Balaban J connectivity index is 0.000000921. The SMILES string of the molecule is C=C/C=c1/cc(B(O)O)s/c1=C/C.CC. The Hall–Kier alpha value is -0.835. The summed E-state index contributed by atoms with van der Waals surface area (Å²) in [6.45, 7) is 9.51. The van der Waals surface area contributed by atoms with Crippen molar-refractivity contribution < 1.29 is 10.0 Å². The predicted octanol–water partition coefficient (Wildman–Crippen LogP) is 0.221. The second kappa shape index (κ2) is 7.46. The van der Waals surface area contributed by atoms with E-state index in [0.29, 0.717) is 4.78 Å². The third-order valence-electron chi connectivity index (χ3n) is 1.62. The molecule has 82 valence electrons. The molecule has 0 amide bonds. The molecule has 0 saturated heterocycles. The van der Waals surface area contributed by atoms with Gasteiger partial charge in [0.25, 0.3) is 0 Å². The second-order valence-corrected chi connectivity index (χ2v) is 3.65. The molecule has 0 aliphatic carbocycles. The molecule has 1 aromatic heterocycles. The summed E-state index contributed by atoms with van der Waals surface area (Å²) in [5.41, 5.74) is 0. The van der Waals surface area contributed by atoms with Gasteiger partial charge in [-0.2, -0.15) is 0 Å². The Morgan fingerprint density at radius 3 is 2.40 bits per heavy atom. The fourth-order valence-corrected chi connectivity index (χ4v) is 1.96. The van der Waals surface area contributed by atoms with Gasteiger partial charge in [0.05, 0.1) is 0 Å². The highest BCUT2D eigenvalue weighted by molar-refractivity contribution is 7.20. The summed E-state index contributed by atoms with van der Waals surface area (Å²) < 4.78 is 1.59. The molecule has 2 nitrogen and oxygen atoms in total. The highest BCUT2D eigenvalue weighted by atomic mass is 32.1. The van der Waals surface area contributed by atoms with Gasteiger partial charge in [-0.3, -0.25) is 0 Å². The zero-order chi connectivity index (χ0) is 11.8. The zero-order valence-electron chi connectivity index (χ0n) is 9.40. The minimum absolute atomic E-state index is 0.557. The predicted molar refractivity (Wildman–Crippen MR) is 69.5 cm³/mol. The molecule has 0 atom stereocenters. The van der Waals surface area contributed by atoms with Crippen LogP contribution in [-0.4, -0.2) is 17.2 Å². The first kappa shape index (κ1) is 14.2. The normalized spacial score (nSPS) is 12.1. The van der Waals surface area contributed by atoms with Crippen LogP contribution in [0.15, 0.2) is 18.7 Å². The molecule has 4 heteroatoms. The van der Waals surface area contributed by atoms with Crippen LogP contribution in [0.4, 0.5) is 0 Å². The van der Waals surface area contributed by atoms with Gasteiger partial charge in [0.2, 0.25) is 0 Å². The van der Waals surface area contributed by atoms with E-state index in [2.05, 4.69) is 6.58 Å². The minimum atomic E-state index is -1.38. The molecular weight excluding hydrogens is 207 g/mol. The molecule has 0 unspecified atom stereocenters. The highest BCUT2D eigenvalue weighted by Gasteiger charge is 2.12. The van der Waals surface area contributed by atoms with E-state index in [1.165, 1.54) is 11.3 Å². The zero-order valence-corrected chi connectivity index (χ0v) is 10.2. The average Bonchev–Trinajstić information content (AvgIpc) is 2.65. The highest BCUT2D eigenvalue weighted by Crippen LogP contribution is 1.83. The van der Waals surface area contributed by atoms with E-state index in [4.69, 9.17) is 10.0 Å². The van der Waals surface area contributed by atoms with E-state index in [1.54, 1.807) is 12.1 Å². The second-order valence-electron chi connectivity index (χ2n) is 2.53. The van der Waals surface area contributed by atoms with E-state index in [-0.39, 0.29) is 0 Å². The van der Waals surface area contributed by atoms with E-state index in [1.807, 2.05) is 32.9 Å². The van der Waals surface area contributed by atoms with Crippen LogP contribution in [0.2, 0.25) is 0 Å². The van der Waals surface area contributed by atoms with Crippen molar-refractivity contribution in [2.24, 2.45) is 0 Å². The van der Waals surface area contributed by atoms with Gasteiger partial charge in [-0.25, -0.2) is 0 Å². The van der Waals surface area contributed by atoms with Crippen molar-refractivity contribution in [1.29, 1.82) is 0 Å². The van der Waals surface area contributed by atoms with Crippen molar-refractivity contribution in [3.8, 4) is 0 Å². The van der Waals surface area contributed by atoms with Crippen LogP contribution in [0.1, 0.15) is 20.8 Å². The van der Waals surface area contributed by atoms with Crippen LogP contribution in [-0.2, 0) is 0 Å². The van der Waals surface area contributed by atoms with Gasteiger partial charge in [-0.15, -0.1) is 11.3 Å². The smallest absolute Gasteiger partial charge is 0.423 e. The summed E-state index contributed by atoms with van der Waals surface area (Å²) in [6.07, 6.45) is 5.46. The lowest BCUT2D eigenvalue weighted by Gasteiger charge is -1.87. The monoisotopic (exact) mass is 224 g/mol. The van der Waals surface area contributed by atoms with E-state index >= 15 is 0 Å². The summed E-state index contributed by atoms with van der Waals surface area (Å²) in [5.74, 6) is 0. The summed E-state index contributed by atoms with van der Waals surface area (Å²) in [6, 6.07) is 1.76. The Labute approximate surface area is 95.0 Å². The summed E-state index contributed by atoms with van der Waals surface area (Å²) in [4.78, 5) is 0. The van der Waals surface area contributed by atoms with Crippen molar-refractivity contribution in [2.75, 3.05) is 0 Å². The maximum atomic E-state index is 8.94. The molecule has 0 aromatic carbocycles. The molecule has 0 saturated carbocycles. The standard InChI is InChI=1S/C9H11BO2S.C2H6/c1-3-5-7-6-9(10(11)12)13-8(7)4-2;1-2/h3-6,11-12H,1H2,2H3;1-2H3/b7-5-,8-4+;. The Morgan fingerprint density at radius 2 is 2.00 bits per heavy atom. The van der Waals surface area contributed by atoms with Crippen LogP contribution in [0.3, 0.4) is 0 Å². The molecule has 0 fully saturated rings. The van der Waals surface area contributed by atoms with Gasteiger partial charge in [-0.1, -0.05) is 38.7 Å². The Kier molecular flexibility index (Phi) is 7.04. The minimum Gasteiger partial charge on any atom is -0.423 e. The lowest BCUT2D eigenvalue weighted by molar-refractivity contribution is 0.427. The van der Waals surface area contributed by atoms with E-state index in [9.17, 15) is 0 Å². The molecule has 1 rings (SSSR count).